The maximum absolute atomic E-state index is 13.1. The highest BCUT2D eigenvalue weighted by Crippen LogP contribution is 2.21. The standard InChI is InChI=1S/C20H28ClN3O2.ClH/c1-13(2)11-18(23-19(25)14-3-5-15(21)6-4-14)20(26)24-10-9-16-7-8-17(12-24)22-16;/h3-6,13,16-18,22H,7-12H2,1-2H3,(H,23,25);1H. The van der Waals surface area contributed by atoms with Gasteiger partial charge in [0.05, 0.1) is 0 Å². The molecule has 1 aromatic rings. The van der Waals surface area contributed by atoms with Gasteiger partial charge in [-0.3, -0.25) is 9.59 Å². The molecule has 2 fully saturated rings. The predicted molar refractivity (Wildman–Crippen MR) is 111 cm³/mol. The minimum absolute atomic E-state index is 0. The summed E-state index contributed by atoms with van der Waals surface area (Å²) in [5, 5.41) is 7.13. The van der Waals surface area contributed by atoms with E-state index in [1.165, 1.54) is 6.42 Å². The van der Waals surface area contributed by atoms with E-state index in [2.05, 4.69) is 24.5 Å². The van der Waals surface area contributed by atoms with Gasteiger partial charge >= 0.3 is 0 Å². The van der Waals surface area contributed by atoms with E-state index in [1.807, 2.05) is 4.90 Å². The Bertz CT molecular complexity index is 651. The molecule has 2 aliphatic rings. The largest absolute Gasteiger partial charge is 0.340 e. The Hall–Kier alpha value is -1.30. The molecule has 3 unspecified atom stereocenters. The summed E-state index contributed by atoms with van der Waals surface area (Å²) in [5.41, 5.74) is 0.521. The molecule has 2 aliphatic heterocycles. The number of likely N-dealkylation sites (tertiary alicyclic amines) is 1. The van der Waals surface area contributed by atoms with Gasteiger partial charge in [0.1, 0.15) is 6.04 Å². The van der Waals surface area contributed by atoms with Crippen LogP contribution < -0.4 is 10.6 Å². The lowest BCUT2D eigenvalue weighted by molar-refractivity contribution is -0.133. The van der Waals surface area contributed by atoms with Crippen LogP contribution in [0.15, 0.2) is 24.3 Å². The smallest absolute Gasteiger partial charge is 0.251 e. The molecule has 2 amide bonds. The van der Waals surface area contributed by atoms with Crippen LogP contribution in [0.1, 0.15) is 49.9 Å². The third kappa shape index (κ3) is 5.84. The van der Waals surface area contributed by atoms with Crippen molar-refractivity contribution >= 4 is 35.8 Å². The van der Waals surface area contributed by atoms with Crippen molar-refractivity contribution in [1.82, 2.24) is 15.5 Å². The van der Waals surface area contributed by atoms with Gasteiger partial charge in [0.15, 0.2) is 0 Å². The van der Waals surface area contributed by atoms with Crippen LogP contribution in [0.5, 0.6) is 0 Å². The molecule has 0 aliphatic carbocycles. The van der Waals surface area contributed by atoms with Gasteiger partial charge in [-0.15, -0.1) is 12.4 Å². The van der Waals surface area contributed by atoms with Gasteiger partial charge in [0.2, 0.25) is 5.91 Å². The fourth-order valence-corrected chi connectivity index (χ4v) is 4.03. The second-order valence-corrected chi connectivity index (χ2v) is 8.31. The molecule has 0 aromatic heterocycles. The maximum Gasteiger partial charge on any atom is 0.251 e. The number of nitrogens with zero attached hydrogens (tertiary/aromatic N) is 1. The number of benzene rings is 1. The van der Waals surface area contributed by atoms with Gasteiger partial charge < -0.3 is 15.5 Å². The van der Waals surface area contributed by atoms with Gasteiger partial charge in [-0.05, 0) is 55.9 Å². The molecule has 0 spiro atoms. The van der Waals surface area contributed by atoms with Crippen LogP contribution in [-0.4, -0.2) is 47.9 Å². The van der Waals surface area contributed by atoms with Crippen molar-refractivity contribution in [1.29, 1.82) is 0 Å². The summed E-state index contributed by atoms with van der Waals surface area (Å²) in [6.45, 7) is 5.64. The Balaban J connectivity index is 0.00000261. The predicted octanol–water partition coefficient (Wildman–Crippen LogP) is 3.26. The van der Waals surface area contributed by atoms with Crippen LogP contribution in [0.3, 0.4) is 0 Å². The van der Waals surface area contributed by atoms with Crippen molar-refractivity contribution in [3.05, 3.63) is 34.9 Å². The lowest BCUT2D eigenvalue weighted by Gasteiger charge is -2.30. The summed E-state index contributed by atoms with van der Waals surface area (Å²) in [7, 11) is 0. The monoisotopic (exact) mass is 413 g/mol. The molecular formula is C20H29Cl2N3O2. The van der Waals surface area contributed by atoms with Gasteiger partial charge in [-0.2, -0.15) is 0 Å². The number of amides is 2. The Labute approximate surface area is 172 Å². The number of rotatable bonds is 5. The van der Waals surface area contributed by atoms with Crippen molar-refractivity contribution in [2.24, 2.45) is 5.92 Å². The highest BCUT2D eigenvalue weighted by atomic mass is 35.5. The Morgan fingerprint density at radius 1 is 1.19 bits per heavy atom. The zero-order chi connectivity index (χ0) is 18.7. The number of carbonyl (C=O) groups excluding carboxylic acids is 2. The van der Waals surface area contributed by atoms with E-state index in [0.717, 1.165) is 25.9 Å². The highest BCUT2D eigenvalue weighted by Gasteiger charge is 2.34. The first kappa shape index (κ1) is 22.0. The second kappa shape index (κ2) is 9.76. The van der Waals surface area contributed by atoms with Crippen LogP contribution in [0.4, 0.5) is 0 Å². The number of fused-ring (bicyclic) bond motifs is 2. The Morgan fingerprint density at radius 2 is 1.85 bits per heavy atom. The molecule has 3 rings (SSSR count). The summed E-state index contributed by atoms with van der Waals surface area (Å²) in [6.07, 6.45) is 3.95. The third-order valence-electron chi connectivity index (χ3n) is 5.25. The fraction of sp³-hybridized carbons (Fsp3) is 0.600. The Morgan fingerprint density at radius 3 is 2.52 bits per heavy atom. The van der Waals surface area contributed by atoms with E-state index >= 15 is 0 Å². The average Bonchev–Trinajstić information content (AvgIpc) is 2.92. The van der Waals surface area contributed by atoms with Crippen molar-refractivity contribution < 1.29 is 9.59 Å². The van der Waals surface area contributed by atoms with E-state index in [0.29, 0.717) is 35.0 Å². The van der Waals surface area contributed by atoms with Crippen molar-refractivity contribution in [2.45, 2.75) is 57.7 Å². The van der Waals surface area contributed by atoms with Crippen LogP contribution in [-0.2, 0) is 4.79 Å². The number of hydrogen-bond donors (Lipinski definition) is 2. The van der Waals surface area contributed by atoms with E-state index in [4.69, 9.17) is 11.6 Å². The lowest BCUT2D eigenvalue weighted by atomic mass is 10.0. The molecule has 3 atom stereocenters. The zero-order valence-electron chi connectivity index (χ0n) is 15.9. The summed E-state index contributed by atoms with van der Waals surface area (Å²) in [5.74, 6) is 0.126. The highest BCUT2D eigenvalue weighted by molar-refractivity contribution is 6.30. The van der Waals surface area contributed by atoms with E-state index in [9.17, 15) is 9.59 Å². The van der Waals surface area contributed by atoms with Crippen molar-refractivity contribution in [3.63, 3.8) is 0 Å². The second-order valence-electron chi connectivity index (χ2n) is 7.87. The summed E-state index contributed by atoms with van der Waals surface area (Å²) in [6, 6.07) is 7.17. The van der Waals surface area contributed by atoms with E-state index in [1.54, 1.807) is 24.3 Å². The fourth-order valence-electron chi connectivity index (χ4n) is 3.90. The minimum Gasteiger partial charge on any atom is -0.340 e. The van der Waals surface area contributed by atoms with Crippen molar-refractivity contribution in [2.75, 3.05) is 13.1 Å². The van der Waals surface area contributed by atoms with Gasteiger partial charge in [0.25, 0.3) is 5.91 Å². The molecule has 150 valence electrons. The molecular weight excluding hydrogens is 385 g/mol. The first-order chi connectivity index (χ1) is 12.4. The first-order valence-electron chi connectivity index (χ1n) is 9.53. The van der Waals surface area contributed by atoms with Gasteiger partial charge in [-0.25, -0.2) is 0 Å². The van der Waals surface area contributed by atoms with Crippen LogP contribution in [0.2, 0.25) is 5.02 Å². The lowest BCUT2D eigenvalue weighted by Crippen LogP contribution is -2.51. The quantitative estimate of drug-likeness (QED) is 0.778. The molecule has 2 N–H and O–H groups in total. The minimum atomic E-state index is -0.491. The Kier molecular flexibility index (Phi) is 7.95. The van der Waals surface area contributed by atoms with Crippen LogP contribution in [0, 0.1) is 5.92 Å². The van der Waals surface area contributed by atoms with Crippen LogP contribution in [0.25, 0.3) is 0 Å². The molecule has 0 radical (unpaired) electrons. The van der Waals surface area contributed by atoms with E-state index < -0.39 is 6.04 Å². The normalized spacial score (nSPS) is 22.7. The number of nitrogens with one attached hydrogen (secondary N) is 2. The van der Waals surface area contributed by atoms with E-state index in [-0.39, 0.29) is 24.2 Å². The van der Waals surface area contributed by atoms with Crippen molar-refractivity contribution in [3.8, 4) is 0 Å². The molecule has 1 aromatic carbocycles. The summed E-state index contributed by atoms with van der Waals surface area (Å²) < 4.78 is 0. The molecule has 2 heterocycles. The maximum atomic E-state index is 13.1. The topological polar surface area (TPSA) is 61.4 Å². The molecule has 2 bridgehead atoms. The number of halogens is 2. The van der Waals surface area contributed by atoms with Crippen LogP contribution >= 0.6 is 24.0 Å². The molecule has 7 heteroatoms. The average molecular weight is 414 g/mol. The molecule has 2 saturated heterocycles. The molecule has 0 saturated carbocycles. The number of carbonyl (C=O) groups is 2. The van der Waals surface area contributed by atoms with Gasteiger partial charge in [-0.1, -0.05) is 25.4 Å². The first-order valence-corrected chi connectivity index (χ1v) is 9.91. The van der Waals surface area contributed by atoms with Gasteiger partial charge in [0, 0.05) is 35.8 Å². The molecule has 27 heavy (non-hydrogen) atoms. The summed E-state index contributed by atoms with van der Waals surface area (Å²) in [4.78, 5) is 27.7. The number of hydrogen-bond acceptors (Lipinski definition) is 3. The molecule has 5 nitrogen and oxygen atoms in total. The summed E-state index contributed by atoms with van der Waals surface area (Å²) >= 11 is 5.89. The SMILES string of the molecule is CC(C)CC(NC(=O)c1ccc(Cl)cc1)C(=O)N1CCC2CCC(C1)N2.Cl. The third-order valence-corrected chi connectivity index (χ3v) is 5.50. The zero-order valence-corrected chi connectivity index (χ0v) is 17.5.